The van der Waals surface area contributed by atoms with E-state index >= 15 is 0 Å². The Balaban J connectivity index is 1.80. The number of carbonyl (C=O) groups excluding carboxylic acids is 2. The third-order valence-corrected chi connectivity index (χ3v) is 6.26. The first-order valence-corrected chi connectivity index (χ1v) is 10.9. The van der Waals surface area contributed by atoms with E-state index in [1.807, 2.05) is 0 Å². The van der Waals surface area contributed by atoms with Crippen LogP contribution >= 0.6 is 62.5 Å². The molecule has 0 aliphatic carbocycles. The highest BCUT2D eigenvalue weighted by Crippen LogP contribution is 2.38. The van der Waals surface area contributed by atoms with Crippen LogP contribution in [0.25, 0.3) is 6.08 Å². The van der Waals surface area contributed by atoms with Gasteiger partial charge in [0.05, 0.1) is 14.4 Å². The second-order valence-electron chi connectivity index (χ2n) is 5.76. The third-order valence-electron chi connectivity index (χ3n) is 3.90. The van der Waals surface area contributed by atoms with Crippen molar-refractivity contribution < 1.29 is 14.3 Å². The molecule has 2 aromatic carbocycles. The lowest BCUT2D eigenvalue weighted by atomic mass is 10.2. The molecule has 2 amide bonds. The van der Waals surface area contributed by atoms with Crippen molar-refractivity contribution in [3.05, 3.63) is 65.9 Å². The summed E-state index contributed by atoms with van der Waals surface area (Å²) in [5.41, 5.74) is 1.45. The van der Waals surface area contributed by atoms with Crippen LogP contribution in [0.2, 0.25) is 15.1 Å². The largest absolute Gasteiger partial charge is 0.486 e. The number of rotatable bonds is 5. The number of halogens is 4. The molecule has 1 fully saturated rings. The van der Waals surface area contributed by atoms with Gasteiger partial charge in [0.25, 0.3) is 11.1 Å². The molecule has 1 heterocycles. The van der Waals surface area contributed by atoms with Crippen LogP contribution in [0.1, 0.15) is 18.1 Å². The van der Waals surface area contributed by atoms with E-state index in [9.17, 15) is 9.59 Å². The molecule has 4 nitrogen and oxygen atoms in total. The molecule has 0 spiro atoms. The molecular formula is C19H13BrCl3NO3S. The minimum Gasteiger partial charge on any atom is -0.486 e. The zero-order valence-corrected chi connectivity index (χ0v) is 19.1. The summed E-state index contributed by atoms with van der Waals surface area (Å²) in [6.45, 7) is 2.31. The summed E-state index contributed by atoms with van der Waals surface area (Å²) in [6.07, 6.45) is 1.64. The van der Waals surface area contributed by atoms with Gasteiger partial charge in [0.2, 0.25) is 0 Å². The summed E-state index contributed by atoms with van der Waals surface area (Å²) in [7, 11) is 0. The Morgan fingerprint density at radius 2 is 1.89 bits per heavy atom. The molecule has 3 rings (SSSR count). The van der Waals surface area contributed by atoms with Crippen molar-refractivity contribution in [2.45, 2.75) is 13.5 Å². The van der Waals surface area contributed by atoms with Crippen LogP contribution in [0.5, 0.6) is 5.75 Å². The van der Waals surface area contributed by atoms with Crippen molar-refractivity contribution in [1.29, 1.82) is 0 Å². The maximum absolute atomic E-state index is 12.2. The van der Waals surface area contributed by atoms with Crippen molar-refractivity contribution in [2.24, 2.45) is 0 Å². The van der Waals surface area contributed by atoms with Gasteiger partial charge in [0.15, 0.2) is 5.75 Å². The predicted octanol–water partition coefficient (Wildman–Crippen LogP) is 7.04. The van der Waals surface area contributed by atoms with E-state index in [1.54, 1.807) is 43.3 Å². The first kappa shape index (κ1) is 21.5. The molecule has 2 aromatic rings. The molecule has 0 saturated carbocycles. The van der Waals surface area contributed by atoms with Crippen LogP contribution in [0.4, 0.5) is 4.79 Å². The molecule has 1 aliphatic rings. The number of hydrogen-bond acceptors (Lipinski definition) is 4. The fraction of sp³-hybridized carbons (Fsp3) is 0.158. The van der Waals surface area contributed by atoms with Gasteiger partial charge in [-0.05, 0) is 70.5 Å². The third kappa shape index (κ3) is 4.69. The minimum atomic E-state index is -0.303. The molecule has 9 heteroatoms. The Bertz CT molecular complexity index is 973. The maximum atomic E-state index is 12.2. The first-order chi connectivity index (χ1) is 13.3. The number of amides is 2. The SMILES string of the molecule is CCN1C(=O)S/C(=C/c2cc(Cl)c(OCc3ccc(Cl)cc3Cl)c(Br)c2)C1=O. The van der Waals surface area contributed by atoms with Crippen molar-refractivity contribution in [1.82, 2.24) is 4.90 Å². The van der Waals surface area contributed by atoms with Gasteiger partial charge in [-0.1, -0.05) is 40.9 Å². The Morgan fingerprint density at radius 1 is 1.14 bits per heavy atom. The molecule has 146 valence electrons. The number of likely N-dealkylation sites (N-methyl/N-ethyl adjacent to an activating group) is 1. The highest BCUT2D eigenvalue weighted by atomic mass is 79.9. The lowest BCUT2D eigenvalue weighted by Gasteiger charge is -2.12. The van der Waals surface area contributed by atoms with Gasteiger partial charge in [0, 0.05) is 22.2 Å². The van der Waals surface area contributed by atoms with Crippen LogP contribution in [-0.2, 0) is 11.4 Å². The van der Waals surface area contributed by atoms with Gasteiger partial charge < -0.3 is 4.74 Å². The summed E-state index contributed by atoms with van der Waals surface area (Å²) >= 11 is 22.8. The predicted molar refractivity (Wildman–Crippen MR) is 118 cm³/mol. The average molecular weight is 522 g/mol. The standard InChI is InChI=1S/C19H13BrCl3NO3S/c1-2-24-18(25)16(28-19(24)26)7-10-5-13(20)17(15(23)6-10)27-9-11-3-4-12(21)8-14(11)22/h3-8H,2,9H2,1H3/b16-7+. The monoisotopic (exact) mass is 519 g/mol. The van der Waals surface area contributed by atoms with Crippen molar-refractivity contribution >= 4 is 79.7 Å². The molecule has 0 aromatic heterocycles. The molecule has 0 unspecified atom stereocenters. The number of thioether (sulfide) groups is 1. The Kier molecular flexibility index (Phi) is 6.99. The Labute approximate surface area is 189 Å². The van der Waals surface area contributed by atoms with Crippen LogP contribution in [0.15, 0.2) is 39.7 Å². The summed E-state index contributed by atoms with van der Waals surface area (Å²) < 4.78 is 6.43. The van der Waals surface area contributed by atoms with Crippen LogP contribution < -0.4 is 4.74 Å². The van der Waals surface area contributed by atoms with Gasteiger partial charge in [-0.15, -0.1) is 0 Å². The second-order valence-corrected chi connectivity index (χ2v) is 8.86. The molecule has 1 aliphatic heterocycles. The number of carbonyl (C=O) groups is 2. The molecule has 0 atom stereocenters. The average Bonchev–Trinajstić information content (AvgIpc) is 2.88. The summed E-state index contributed by atoms with van der Waals surface area (Å²) in [6, 6.07) is 8.60. The molecule has 28 heavy (non-hydrogen) atoms. The molecular weight excluding hydrogens is 509 g/mol. The number of ether oxygens (including phenoxy) is 1. The van der Waals surface area contributed by atoms with Crippen LogP contribution in [-0.4, -0.2) is 22.6 Å². The zero-order valence-electron chi connectivity index (χ0n) is 14.5. The zero-order chi connectivity index (χ0) is 20.4. The molecule has 0 radical (unpaired) electrons. The van der Waals surface area contributed by atoms with Crippen LogP contribution in [0, 0.1) is 0 Å². The molecule has 0 bridgehead atoms. The fourth-order valence-corrected chi connectivity index (χ4v) is 4.87. The normalized spacial score (nSPS) is 15.6. The number of nitrogens with zero attached hydrogens (tertiary/aromatic N) is 1. The Hall–Kier alpha value is -1.18. The summed E-state index contributed by atoms with van der Waals surface area (Å²) in [4.78, 5) is 25.6. The quantitative estimate of drug-likeness (QED) is 0.396. The fourth-order valence-electron chi connectivity index (χ4n) is 2.51. The van der Waals surface area contributed by atoms with Crippen LogP contribution in [0.3, 0.4) is 0 Å². The van der Waals surface area contributed by atoms with E-state index in [1.165, 1.54) is 4.90 Å². The van der Waals surface area contributed by atoms with Crippen molar-refractivity contribution in [3.63, 3.8) is 0 Å². The lowest BCUT2D eigenvalue weighted by molar-refractivity contribution is -0.122. The maximum Gasteiger partial charge on any atom is 0.293 e. The van der Waals surface area contributed by atoms with Gasteiger partial charge in [-0.25, -0.2) is 0 Å². The van der Waals surface area contributed by atoms with E-state index in [0.29, 0.717) is 42.3 Å². The Morgan fingerprint density at radius 3 is 2.50 bits per heavy atom. The van der Waals surface area contributed by atoms with E-state index in [-0.39, 0.29) is 17.8 Å². The van der Waals surface area contributed by atoms with Crippen molar-refractivity contribution in [2.75, 3.05) is 6.54 Å². The summed E-state index contributed by atoms with van der Waals surface area (Å²) in [5.74, 6) is 0.147. The minimum absolute atomic E-state index is 0.211. The highest BCUT2D eigenvalue weighted by molar-refractivity contribution is 9.10. The molecule has 1 saturated heterocycles. The molecule has 0 N–H and O–H groups in total. The van der Waals surface area contributed by atoms with E-state index in [2.05, 4.69) is 15.9 Å². The topological polar surface area (TPSA) is 46.6 Å². The lowest BCUT2D eigenvalue weighted by Crippen LogP contribution is -2.27. The number of imide groups is 1. The van der Waals surface area contributed by atoms with Gasteiger partial charge in [-0.2, -0.15) is 0 Å². The first-order valence-electron chi connectivity index (χ1n) is 8.11. The van der Waals surface area contributed by atoms with Gasteiger partial charge in [0.1, 0.15) is 6.61 Å². The van der Waals surface area contributed by atoms with E-state index in [0.717, 1.165) is 17.3 Å². The van der Waals surface area contributed by atoms with E-state index in [4.69, 9.17) is 39.5 Å². The smallest absolute Gasteiger partial charge is 0.293 e. The number of benzene rings is 2. The van der Waals surface area contributed by atoms with Gasteiger partial charge in [-0.3, -0.25) is 14.5 Å². The number of hydrogen-bond donors (Lipinski definition) is 0. The van der Waals surface area contributed by atoms with E-state index < -0.39 is 0 Å². The second kappa shape index (κ2) is 9.09. The summed E-state index contributed by atoms with van der Waals surface area (Å²) in [5, 5.41) is 1.14. The highest BCUT2D eigenvalue weighted by Gasteiger charge is 2.33. The van der Waals surface area contributed by atoms with Gasteiger partial charge >= 0.3 is 0 Å². The van der Waals surface area contributed by atoms with Crippen molar-refractivity contribution in [3.8, 4) is 5.75 Å².